The van der Waals surface area contributed by atoms with Crippen LogP contribution in [-0.2, 0) is 0 Å². The van der Waals surface area contributed by atoms with E-state index in [-0.39, 0.29) is 5.91 Å². The van der Waals surface area contributed by atoms with E-state index in [1.807, 2.05) is 17.2 Å². The number of aromatic nitrogens is 1. The average Bonchev–Trinajstić information content (AvgIpc) is 3.13. The number of nitrogen functional groups attached to an aromatic ring is 1. The van der Waals surface area contributed by atoms with Gasteiger partial charge in [0, 0.05) is 38.4 Å². The fourth-order valence-electron chi connectivity index (χ4n) is 2.50. The molecule has 1 aromatic heterocycles. The molecule has 2 fully saturated rings. The second kappa shape index (κ2) is 4.31. The summed E-state index contributed by atoms with van der Waals surface area (Å²) in [6, 6.07) is 2.31. The summed E-state index contributed by atoms with van der Waals surface area (Å²) in [5.41, 5.74) is 7.29. The van der Waals surface area contributed by atoms with Gasteiger partial charge in [0.25, 0.3) is 5.91 Å². The van der Waals surface area contributed by atoms with Gasteiger partial charge in [-0.1, -0.05) is 0 Å². The summed E-state index contributed by atoms with van der Waals surface area (Å²) in [5, 5.41) is 0. The Bertz CT molecular complexity index is 456. The number of rotatable bonds is 2. The number of carbonyl (C=O) groups excluding carboxylic acids is 1. The van der Waals surface area contributed by atoms with Gasteiger partial charge in [0.05, 0.1) is 5.69 Å². The standard InChI is InChI=1S/C13H20N4O/c1-15-4-6-16(7-5-15)13(18)12-8-10(14)9-17(12)11-2-3-11/h8-9,11H,2-7,14H2,1H3. The monoisotopic (exact) mass is 248 g/mol. The minimum Gasteiger partial charge on any atom is -0.397 e. The van der Waals surface area contributed by atoms with Crippen molar-refractivity contribution in [1.29, 1.82) is 0 Å². The van der Waals surface area contributed by atoms with Crippen LogP contribution in [0.1, 0.15) is 29.4 Å². The Morgan fingerprint density at radius 2 is 1.94 bits per heavy atom. The third-order valence-corrected chi connectivity index (χ3v) is 3.82. The normalized spacial score (nSPS) is 21.3. The molecule has 2 aliphatic rings. The first-order chi connectivity index (χ1) is 8.65. The molecule has 0 atom stereocenters. The zero-order valence-corrected chi connectivity index (χ0v) is 10.8. The van der Waals surface area contributed by atoms with E-state index in [0.29, 0.717) is 11.7 Å². The van der Waals surface area contributed by atoms with Crippen LogP contribution in [0.3, 0.4) is 0 Å². The molecule has 1 saturated carbocycles. The van der Waals surface area contributed by atoms with Gasteiger partial charge in [-0.25, -0.2) is 0 Å². The van der Waals surface area contributed by atoms with E-state index >= 15 is 0 Å². The van der Waals surface area contributed by atoms with Crippen LogP contribution < -0.4 is 5.73 Å². The molecule has 98 valence electrons. The SMILES string of the molecule is CN1CCN(C(=O)c2cc(N)cn2C2CC2)CC1. The molecule has 0 spiro atoms. The summed E-state index contributed by atoms with van der Waals surface area (Å²) in [4.78, 5) is 16.7. The minimum absolute atomic E-state index is 0.131. The van der Waals surface area contributed by atoms with Crippen LogP contribution in [0.2, 0.25) is 0 Å². The lowest BCUT2D eigenvalue weighted by atomic mass is 10.3. The molecule has 0 radical (unpaired) electrons. The predicted octanol–water partition coefficient (Wildman–Crippen LogP) is 0.793. The zero-order valence-electron chi connectivity index (χ0n) is 10.8. The van der Waals surface area contributed by atoms with Crippen molar-refractivity contribution in [2.75, 3.05) is 39.0 Å². The number of hydrogen-bond acceptors (Lipinski definition) is 3. The Kier molecular flexibility index (Phi) is 2.78. The molecule has 0 unspecified atom stereocenters. The molecule has 0 bridgehead atoms. The summed E-state index contributed by atoms with van der Waals surface area (Å²) in [7, 11) is 2.09. The summed E-state index contributed by atoms with van der Waals surface area (Å²) >= 11 is 0. The van der Waals surface area contributed by atoms with Gasteiger partial charge in [0.1, 0.15) is 5.69 Å². The number of nitrogens with two attached hydrogens (primary N) is 1. The molecule has 1 saturated heterocycles. The number of likely N-dealkylation sites (N-methyl/N-ethyl adjacent to an activating group) is 1. The molecule has 0 aromatic carbocycles. The van der Waals surface area contributed by atoms with Crippen LogP contribution >= 0.6 is 0 Å². The first-order valence-electron chi connectivity index (χ1n) is 6.60. The van der Waals surface area contributed by atoms with Crippen LogP contribution in [0.25, 0.3) is 0 Å². The van der Waals surface area contributed by atoms with Gasteiger partial charge in [0.15, 0.2) is 0 Å². The van der Waals surface area contributed by atoms with Gasteiger partial charge in [-0.15, -0.1) is 0 Å². The maximum Gasteiger partial charge on any atom is 0.270 e. The minimum atomic E-state index is 0.131. The maximum atomic E-state index is 12.5. The topological polar surface area (TPSA) is 54.5 Å². The lowest BCUT2D eigenvalue weighted by molar-refractivity contribution is 0.0653. The van der Waals surface area contributed by atoms with E-state index in [4.69, 9.17) is 5.73 Å². The molecule has 1 amide bonds. The first kappa shape index (κ1) is 11.6. The molecule has 1 aliphatic carbocycles. The molecule has 5 nitrogen and oxygen atoms in total. The highest BCUT2D eigenvalue weighted by Gasteiger charge is 2.30. The second-order valence-electron chi connectivity index (χ2n) is 5.39. The molecule has 18 heavy (non-hydrogen) atoms. The fourth-order valence-corrected chi connectivity index (χ4v) is 2.50. The van der Waals surface area contributed by atoms with Gasteiger partial charge in [-0.2, -0.15) is 0 Å². The highest BCUT2D eigenvalue weighted by molar-refractivity contribution is 5.94. The highest BCUT2D eigenvalue weighted by Crippen LogP contribution is 2.37. The van der Waals surface area contributed by atoms with Crippen LogP contribution in [0, 0.1) is 0 Å². The van der Waals surface area contributed by atoms with Crippen molar-refractivity contribution in [2.24, 2.45) is 0 Å². The zero-order chi connectivity index (χ0) is 12.7. The third-order valence-electron chi connectivity index (χ3n) is 3.82. The van der Waals surface area contributed by atoms with E-state index in [2.05, 4.69) is 16.5 Å². The average molecular weight is 248 g/mol. The maximum absolute atomic E-state index is 12.5. The second-order valence-corrected chi connectivity index (χ2v) is 5.39. The molecule has 5 heteroatoms. The predicted molar refractivity (Wildman–Crippen MR) is 70.5 cm³/mol. The van der Waals surface area contributed by atoms with Gasteiger partial charge < -0.3 is 20.1 Å². The van der Waals surface area contributed by atoms with Gasteiger partial charge in [0.2, 0.25) is 0 Å². The number of amides is 1. The largest absolute Gasteiger partial charge is 0.397 e. The van der Waals surface area contributed by atoms with E-state index < -0.39 is 0 Å². The Morgan fingerprint density at radius 1 is 1.28 bits per heavy atom. The number of nitrogens with zero attached hydrogens (tertiary/aromatic N) is 3. The summed E-state index contributed by atoms with van der Waals surface area (Å²) in [6.45, 7) is 3.52. The van der Waals surface area contributed by atoms with Crippen molar-refractivity contribution in [2.45, 2.75) is 18.9 Å². The van der Waals surface area contributed by atoms with Crippen molar-refractivity contribution in [1.82, 2.24) is 14.4 Å². The third kappa shape index (κ3) is 2.10. The Hall–Kier alpha value is -1.49. The molecule has 1 aromatic rings. The van der Waals surface area contributed by atoms with Crippen LogP contribution in [0.4, 0.5) is 5.69 Å². The smallest absolute Gasteiger partial charge is 0.270 e. The summed E-state index contributed by atoms with van der Waals surface area (Å²) in [5.74, 6) is 0.131. The number of carbonyl (C=O) groups is 1. The number of hydrogen-bond donors (Lipinski definition) is 1. The van der Waals surface area contributed by atoms with E-state index in [1.54, 1.807) is 0 Å². The van der Waals surface area contributed by atoms with Crippen molar-refractivity contribution in [3.05, 3.63) is 18.0 Å². The van der Waals surface area contributed by atoms with E-state index in [1.165, 1.54) is 0 Å². The van der Waals surface area contributed by atoms with E-state index in [0.717, 1.165) is 44.7 Å². The number of piperazine rings is 1. The quantitative estimate of drug-likeness (QED) is 0.842. The molecular formula is C13H20N4O. The van der Waals surface area contributed by atoms with Crippen LogP contribution in [-0.4, -0.2) is 53.5 Å². The van der Waals surface area contributed by atoms with Crippen molar-refractivity contribution < 1.29 is 4.79 Å². The van der Waals surface area contributed by atoms with Crippen molar-refractivity contribution in [3.63, 3.8) is 0 Å². The summed E-state index contributed by atoms with van der Waals surface area (Å²) < 4.78 is 2.07. The van der Waals surface area contributed by atoms with Crippen molar-refractivity contribution >= 4 is 11.6 Å². The summed E-state index contributed by atoms with van der Waals surface area (Å²) in [6.07, 6.45) is 4.23. The molecule has 3 rings (SSSR count). The molecule has 2 heterocycles. The lowest BCUT2D eigenvalue weighted by Crippen LogP contribution is -2.47. The fraction of sp³-hybridized carbons (Fsp3) is 0.615. The Labute approximate surface area is 107 Å². The van der Waals surface area contributed by atoms with Crippen LogP contribution in [0.5, 0.6) is 0 Å². The van der Waals surface area contributed by atoms with Gasteiger partial charge >= 0.3 is 0 Å². The first-order valence-corrected chi connectivity index (χ1v) is 6.60. The molecule has 1 aliphatic heterocycles. The number of anilines is 1. The highest BCUT2D eigenvalue weighted by atomic mass is 16.2. The van der Waals surface area contributed by atoms with Gasteiger partial charge in [-0.3, -0.25) is 4.79 Å². The Balaban J connectivity index is 1.79. The van der Waals surface area contributed by atoms with E-state index in [9.17, 15) is 4.79 Å². The van der Waals surface area contributed by atoms with Crippen LogP contribution in [0.15, 0.2) is 12.3 Å². The molecular weight excluding hydrogens is 228 g/mol. The Morgan fingerprint density at radius 3 is 2.56 bits per heavy atom. The van der Waals surface area contributed by atoms with Gasteiger partial charge in [-0.05, 0) is 26.0 Å². The molecule has 2 N–H and O–H groups in total. The lowest BCUT2D eigenvalue weighted by Gasteiger charge is -2.32. The van der Waals surface area contributed by atoms with Crippen molar-refractivity contribution in [3.8, 4) is 0 Å².